The van der Waals surface area contributed by atoms with Crippen LogP contribution in [-0.2, 0) is 19.2 Å². The number of allylic oxidation sites excluding steroid dienone is 2. The molecule has 1 heterocycles. The van der Waals surface area contributed by atoms with Crippen molar-refractivity contribution < 1.29 is 34.5 Å². The maximum atomic E-state index is 12.5. The zero-order valence-electron chi connectivity index (χ0n) is 22.1. The van der Waals surface area contributed by atoms with Gasteiger partial charge in [0.1, 0.15) is 11.6 Å². The number of carbonyl (C=O) groups is 3. The summed E-state index contributed by atoms with van der Waals surface area (Å²) < 4.78 is 0. The number of hydrogen-bond acceptors (Lipinski definition) is 7. The van der Waals surface area contributed by atoms with Crippen LogP contribution in [0.5, 0.6) is 0 Å². The van der Waals surface area contributed by atoms with E-state index < -0.39 is 29.6 Å². The number of fused-ring (bicyclic) bond motifs is 5. The van der Waals surface area contributed by atoms with Gasteiger partial charge in [0.15, 0.2) is 12.4 Å². The second-order valence-electron chi connectivity index (χ2n) is 12.6. The van der Waals surface area contributed by atoms with Crippen molar-refractivity contribution >= 4 is 23.4 Å². The predicted molar refractivity (Wildman–Crippen MR) is 134 cm³/mol. The van der Waals surface area contributed by atoms with Gasteiger partial charge >= 0.3 is 5.97 Å². The molecule has 9 heteroatoms. The molecule has 5 rings (SSSR count). The summed E-state index contributed by atoms with van der Waals surface area (Å²) in [5.74, 6) is -0.334. The topological polar surface area (TPSA) is 137 Å². The SMILES string of the molecule is CC(=O)[C@@]1(O)CC[C@H]2[C@@H]3CCC4=CC(=NOCC(=O)N5C[C@H](O)C[C@H]5C(=O)O)CC[C@]4(C)[C@H]3CC[C@@]21C. The van der Waals surface area contributed by atoms with Gasteiger partial charge < -0.3 is 25.1 Å². The molecule has 0 bridgehead atoms. The van der Waals surface area contributed by atoms with E-state index in [9.17, 15) is 29.7 Å². The number of ketones is 1. The highest BCUT2D eigenvalue weighted by molar-refractivity contribution is 5.96. The van der Waals surface area contributed by atoms with Crippen LogP contribution in [-0.4, -0.2) is 74.5 Å². The zero-order chi connectivity index (χ0) is 26.8. The molecule has 1 amide bonds. The third kappa shape index (κ3) is 4.04. The highest BCUT2D eigenvalue weighted by Crippen LogP contribution is 2.67. The number of Topliss-reactive ketones (excluding diaryl/α,β-unsaturated/α-hetero) is 1. The normalized spacial score (nSPS) is 44.0. The molecule has 0 aromatic rings. The van der Waals surface area contributed by atoms with Gasteiger partial charge in [-0.05, 0) is 87.5 Å². The molecule has 0 aromatic carbocycles. The Morgan fingerprint density at radius 3 is 2.54 bits per heavy atom. The lowest BCUT2D eigenvalue weighted by Gasteiger charge is -2.59. The van der Waals surface area contributed by atoms with Crippen LogP contribution in [0.3, 0.4) is 0 Å². The number of rotatable bonds is 5. The number of hydrogen-bond donors (Lipinski definition) is 3. The van der Waals surface area contributed by atoms with Gasteiger partial charge in [0.2, 0.25) is 0 Å². The molecular weight excluding hydrogens is 476 g/mol. The van der Waals surface area contributed by atoms with Crippen LogP contribution < -0.4 is 0 Å². The van der Waals surface area contributed by atoms with Crippen LogP contribution >= 0.6 is 0 Å². The number of aliphatic hydroxyl groups excluding tert-OH is 1. The predicted octanol–water partition coefficient (Wildman–Crippen LogP) is 2.69. The van der Waals surface area contributed by atoms with Gasteiger partial charge in [0.25, 0.3) is 5.91 Å². The van der Waals surface area contributed by atoms with E-state index in [4.69, 9.17) is 4.84 Å². The molecule has 4 aliphatic carbocycles. The first-order chi connectivity index (χ1) is 17.4. The largest absolute Gasteiger partial charge is 0.480 e. The fraction of sp³-hybridized carbons (Fsp3) is 0.786. The summed E-state index contributed by atoms with van der Waals surface area (Å²) in [5, 5.41) is 34.6. The number of carboxylic acid groups (broad SMARTS) is 1. The summed E-state index contributed by atoms with van der Waals surface area (Å²) in [4.78, 5) is 42.8. The molecule has 5 aliphatic rings. The third-order valence-corrected chi connectivity index (χ3v) is 11.0. The summed E-state index contributed by atoms with van der Waals surface area (Å²) in [7, 11) is 0. The number of aliphatic carboxylic acids is 1. The average Bonchev–Trinajstić information content (AvgIpc) is 3.37. The number of amides is 1. The summed E-state index contributed by atoms with van der Waals surface area (Å²) in [6.07, 6.45) is 8.33. The molecule has 4 fully saturated rings. The first-order valence-electron chi connectivity index (χ1n) is 13.7. The van der Waals surface area contributed by atoms with Crippen molar-refractivity contribution in [3.05, 3.63) is 11.6 Å². The van der Waals surface area contributed by atoms with Crippen molar-refractivity contribution in [3.8, 4) is 0 Å². The first kappa shape index (κ1) is 26.4. The molecule has 1 saturated heterocycles. The molecule has 9 nitrogen and oxygen atoms in total. The maximum Gasteiger partial charge on any atom is 0.326 e. The smallest absolute Gasteiger partial charge is 0.326 e. The van der Waals surface area contributed by atoms with Crippen molar-refractivity contribution in [1.29, 1.82) is 0 Å². The molecule has 0 unspecified atom stereocenters. The van der Waals surface area contributed by atoms with Crippen molar-refractivity contribution in [2.75, 3.05) is 13.2 Å². The summed E-state index contributed by atoms with van der Waals surface area (Å²) in [6, 6.07) is -1.03. The second-order valence-corrected chi connectivity index (χ2v) is 12.6. The van der Waals surface area contributed by atoms with Crippen LogP contribution in [0.2, 0.25) is 0 Å². The minimum Gasteiger partial charge on any atom is -0.480 e. The lowest BCUT2D eigenvalue weighted by molar-refractivity contribution is -0.159. The van der Waals surface area contributed by atoms with Crippen LogP contribution in [0.15, 0.2) is 16.8 Å². The summed E-state index contributed by atoms with van der Waals surface area (Å²) in [6.45, 7) is 5.67. The molecule has 0 aromatic heterocycles. The van der Waals surface area contributed by atoms with Crippen molar-refractivity contribution in [3.63, 3.8) is 0 Å². The van der Waals surface area contributed by atoms with Gasteiger partial charge in [-0.1, -0.05) is 24.6 Å². The van der Waals surface area contributed by atoms with Gasteiger partial charge in [-0.15, -0.1) is 0 Å². The fourth-order valence-corrected chi connectivity index (χ4v) is 8.81. The Labute approximate surface area is 217 Å². The average molecular weight is 517 g/mol. The van der Waals surface area contributed by atoms with Gasteiger partial charge in [0.05, 0.1) is 11.8 Å². The fourth-order valence-electron chi connectivity index (χ4n) is 8.81. The minimum atomic E-state index is -1.20. The van der Waals surface area contributed by atoms with Crippen molar-refractivity contribution in [1.82, 2.24) is 4.90 Å². The van der Waals surface area contributed by atoms with Crippen LogP contribution in [0.25, 0.3) is 0 Å². The molecule has 0 radical (unpaired) electrons. The zero-order valence-corrected chi connectivity index (χ0v) is 22.1. The Morgan fingerprint density at radius 2 is 1.84 bits per heavy atom. The van der Waals surface area contributed by atoms with E-state index in [2.05, 4.69) is 25.1 Å². The summed E-state index contributed by atoms with van der Waals surface area (Å²) in [5.41, 5.74) is 0.673. The monoisotopic (exact) mass is 516 g/mol. The van der Waals surface area contributed by atoms with E-state index >= 15 is 0 Å². The van der Waals surface area contributed by atoms with Gasteiger partial charge in [-0.2, -0.15) is 0 Å². The Kier molecular flexibility index (Phi) is 6.54. The number of aliphatic hydroxyl groups is 2. The molecular formula is C28H40N2O7. The van der Waals surface area contributed by atoms with Crippen LogP contribution in [0, 0.1) is 28.6 Å². The number of likely N-dealkylation sites (tertiary alicyclic amines) is 1. The van der Waals surface area contributed by atoms with Crippen molar-refractivity contribution in [2.45, 2.75) is 96.3 Å². The van der Waals surface area contributed by atoms with Crippen LogP contribution in [0.1, 0.15) is 78.6 Å². The first-order valence-corrected chi connectivity index (χ1v) is 13.7. The van der Waals surface area contributed by atoms with E-state index in [1.54, 1.807) is 6.92 Å². The molecule has 204 valence electrons. The lowest BCUT2D eigenvalue weighted by Crippen LogP contribution is -2.57. The Hall–Kier alpha value is -2.26. The van der Waals surface area contributed by atoms with E-state index in [0.29, 0.717) is 24.2 Å². The molecule has 3 saturated carbocycles. The Morgan fingerprint density at radius 1 is 1.11 bits per heavy atom. The van der Waals surface area contributed by atoms with Crippen LogP contribution in [0.4, 0.5) is 0 Å². The molecule has 37 heavy (non-hydrogen) atoms. The maximum absolute atomic E-state index is 12.5. The van der Waals surface area contributed by atoms with Crippen molar-refractivity contribution in [2.24, 2.45) is 33.7 Å². The molecule has 0 spiro atoms. The quantitative estimate of drug-likeness (QED) is 0.478. The van der Waals surface area contributed by atoms with E-state index in [0.717, 1.165) is 55.6 Å². The number of nitrogens with zero attached hydrogens (tertiary/aromatic N) is 2. The summed E-state index contributed by atoms with van der Waals surface area (Å²) >= 11 is 0. The molecule has 3 N–H and O–H groups in total. The highest BCUT2D eigenvalue weighted by atomic mass is 16.6. The highest BCUT2D eigenvalue weighted by Gasteiger charge is 2.65. The number of oxime groups is 1. The van der Waals surface area contributed by atoms with E-state index in [1.807, 2.05) is 0 Å². The lowest BCUT2D eigenvalue weighted by atomic mass is 9.46. The number of carboxylic acids is 1. The van der Waals surface area contributed by atoms with E-state index in [-0.39, 0.29) is 36.2 Å². The van der Waals surface area contributed by atoms with Gasteiger partial charge in [0, 0.05) is 18.4 Å². The van der Waals surface area contributed by atoms with Gasteiger partial charge in [-0.25, -0.2) is 4.79 Å². The minimum absolute atomic E-state index is 0.00938. The second kappa shape index (κ2) is 9.19. The molecule has 8 atom stereocenters. The van der Waals surface area contributed by atoms with Gasteiger partial charge in [-0.3, -0.25) is 9.59 Å². The third-order valence-electron chi connectivity index (χ3n) is 11.0. The standard InChI is InChI=1S/C28H40N2O7/c1-16(31)28(36)11-8-22-20-5-4-17-12-18(6-9-26(17,2)21(20)7-10-27(22,28)3)29-37-15-24(33)30-14-19(32)13-23(30)25(34)35/h12,19-23,32,36H,4-11,13-15H2,1-3H3,(H,34,35)/t19-,20-,21+,22+,23+,26+,27+,28+/m1/s1. The molecule has 1 aliphatic heterocycles. The number of β-amino-alcohol motifs (C(OH)–C–C–N with tert-alkyl or cyclic N) is 1. The number of carbonyl (C=O) groups excluding carboxylic acids is 2. The Balaban J connectivity index is 1.26. The van der Waals surface area contributed by atoms with E-state index in [1.165, 1.54) is 5.57 Å². The Bertz CT molecular complexity index is 1060.